The summed E-state index contributed by atoms with van der Waals surface area (Å²) in [6.07, 6.45) is -0.0558. The molecule has 0 fully saturated rings. The van der Waals surface area contributed by atoms with Gasteiger partial charge in [-0.2, -0.15) is 4.58 Å². The van der Waals surface area contributed by atoms with Gasteiger partial charge in [-0.3, -0.25) is 0 Å². The third-order valence-electron chi connectivity index (χ3n) is 9.56. The summed E-state index contributed by atoms with van der Waals surface area (Å²) in [6, 6.07) is 67.9. The van der Waals surface area contributed by atoms with E-state index in [-0.39, 0.29) is 6.17 Å². The van der Waals surface area contributed by atoms with Gasteiger partial charge in [0.15, 0.2) is 0 Å². The summed E-state index contributed by atoms with van der Waals surface area (Å²) in [5, 5.41) is 8.87. The lowest BCUT2D eigenvalue weighted by molar-refractivity contribution is -0.531. The highest BCUT2D eigenvalue weighted by atomic mass is 15.3. The van der Waals surface area contributed by atoms with Crippen molar-refractivity contribution in [3.63, 3.8) is 0 Å². The van der Waals surface area contributed by atoms with Crippen molar-refractivity contribution in [3.8, 4) is 33.4 Å². The number of hydrogen-bond donors (Lipinski definition) is 1. The topological polar surface area (TPSA) is 15.0 Å². The van der Waals surface area contributed by atoms with Crippen LogP contribution in [0.3, 0.4) is 0 Å². The van der Waals surface area contributed by atoms with Crippen LogP contribution < -0.4 is 5.32 Å². The molecule has 0 spiro atoms. The van der Waals surface area contributed by atoms with Gasteiger partial charge in [-0.1, -0.05) is 152 Å². The first-order chi connectivity index (χ1) is 23.8. The summed E-state index contributed by atoms with van der Waals surface area (Å²) in [6.45, 7) is 0. The standard InChI is InChI=1S/C46H32N2/c1-3-15-32(16-4-1)41-25-11-12-26-44(41)46-47-45(35-19-5-2-6-20-35)48(46)38-30-36(42-27-13-21-33-17-7-9-23-39(33)42)29-37(31-38)43-28-14-22-34-18-8-10-24-40(34)43/h1-31,46H/p+1. The van der Waals surface area contributed by atoms with Crippen molar-refractivity contribution in [2.24, 2.45) is 0 Å². The molecule has 0 bridgehead atoms. The molecular weight excluding hydrogens is 581 g/mol. The molecule has 1 atom stereocenters. The third-order valence-corrected chi connectivity index (χ3v) is 9.56. The van der Waals surface area contributed by atoms with Crippen molar-refractivity contribution in [1.82, 2.24) is 5.32 Å². The van der Waals surface area contributed by atoms with Gasteiger partial charge in [0, 0.05) is 5.56 Å². The quantitative estimate of drug-likeness (QED) is 0.184. The molecule has 48 heavy (non-hydrogen) atoms. The molecule has 8 aromatic carbocycles. The molecule has 0 aromatic heterocycles. The summed E-state index contributed by atoms with van der Waals surface area (Å²) in [5.74, 6) is 1.10. The SMILES string of the molecule is c1ccc(C2=[N+](c3cc(-c4cccc5ccccc45)cc(-c4cccc5ccccc45)c3)C(c3ccccc3-c3ccccc3)N2)cc1. The minimum absolute atomic E-state index is 0.0558. The van der Waals surface area contributed by atoms with Crippen LogP contribution in [0.1, 0.15) is 17.3 Å². The summed E-state index contributed by atoms with van der Waals surface area (Å²) in [5.41, 5.74) is 10.8. The molecule has 2 heteroatoms. The Morgan fingerprint density at radius 3 is 1.48 bits per heavy atom. The Morgan fingerprint density at radius 1 is 0.375 bits per heavy atom. The van der Waals surface area contributed by atoms with Crippen molar-refractivity contribution in [1.29, 1.82) is 0 Å². The molecular formula is C46H33N2+. The van der Waals surface area contributed by atoms with Crippen molar-refractivity contribution < 1.29 is 4.58 Å². The number of benzene rings is 8. The highest BCUT2D eigenvalue weighted by molar-refractivity contribution is 6.02. The van der Waals surface area contributed by atoms with Crippen LogP contribution in [0, 0.1) is 0 Å². The number of hydrogen-bond acceptors (Lipinski definition) is 1. The zero-order valence-electron chi connectivity index (χ0n) is 26.4. The lowest BCUT2D eigenvalue weighted by Crippen LogP contribution is -2.51. The van der Waals surface area contributed by atoms with E-state index < -0.39 is 0 Å². The van der Waals surface area contributed by atoms with Crippen LogP contribution >= 0.6 is 0 Å². The smallest absolute Gasteiger partial charge is 0.229 e. The van der Waals surface area contributed by atoms with E-state index in [0.717, 1.165) is 17.1 Å². The zero-order valence-corrected chi connectivity index (χ0v) is 26.4. The van der Waals surface area contributed by atoms with Gasteiger partial charge in [0.2, 0.25) is 0 Å². The average Bonchev–Trinajstić information content (AvgIpc) is 3.15. The molecule has 226 valence electrons. The highest BCUT2D eigenvalue weighted by Crippen LogP contribution is 2.41. The molecule has 8 aromatic rings. The van der Waals surface area contributed by atoms with E-state index in [1.807, 2.05) is 0 Å². The number of amidine groups is 1. The molecule has 0 saturated carbocycles. The number of fused-ring (bicyclic) bond motifs is 2. The van der Waals surface area contributed by atoms with Crippen LogP contribution in [0.5, 0.6) is 0 Å². The Morgan fingerprint density at radius 2 is 0.854 bits per heavy atom. The molecule has 1 aliphatic rings. The Labute approximate surface area is 280 Å². The van der Waals surface area contributed by atoms with Crippen LogP contribution in [0.4, 0.5) is 5.69 Å². The van der Waals surface area contributed by atoms with Gasteiger partial charge in [0.1, 0.15) is 5.69 Å². The molecule has 9 rings (SSSR count). The van der Waals surface area contributed by atoms with Gasteiger partial charge >= 0.3 is 0 Å². The second kappa shape index (κ2) is 11.8. The Bertz CT molecular complexity index is 2370. The fourth-order valence-corrected chi connectivity index (χ4v) is 7.27. The molecule has 1 aliphatic heterocycles. The first-order valence-corrected chi connectivity index (χ1v) is 16.6. The minimum Gasteiger partial charge on any atom is -0.229 e. The van der Waals surface area contributed by atoms with Crippen LogP contribution in [-0.2, 0) is 0 Å². The van der Waals surface area contributed by atoms with Crippen LogP contribution in [0.25, 0.3) is 54.9 Å². The summed E-state index contributed by atoms with van der Waals surface area (Å²) in [4.78, 5) is 0. The van der Waals surface area contributed by atoms with Gasteiger partial charge in [-0.05, 0) is 91.3 Å². The van der Waals surface area contributed by atoms with Gasteiger partial charge in [0.25, 0.3) is 12.0 Å². The maximum absolute atomic E-state index is 3.89. The molecule has 1 unspecified atom stereocenters. The van der Waals surface area contributed by atoms with Gasteiger partial charge in [-0.15, -0.1) is 0 Å². The van der Waals surface area contributed by atoms with Crippen LogP contribution in [0.15, 0.2) is 188 Å². The molecule has 2 nitrogen and oxygen atoms in total. The molecule has 0 radical (unpaired) electrons. The number of nitrogens with one attached hydrogen (secondary N) is 1. The number of nitrogens with zero attached hydrogens (tertiary/aromatic N) is 1. The van der Waals surface area contributed by atoms with E-state index in [4.69, 9.17) is 0 Å². The predicted octanol–water partition coefficient (Wildman–Crippen LogP) is 11.4. The lowest BCUT2D eigenvalue weighted by Gasteiger charge is -2.31. The second-order valence-corrected chi connectivity index (χ2v) is 12.4. The average molecular weight is 614 g/mol. The van der Waals surface area contributed by atoms with Crippen molar-refractivity contribution >= 4 is 33.1 Å². The Kier molecular flexibility index (Phi) is 6.91. The van der Waals surface area contributed by atoms with Crippen molar-refractivity contribution in [2.45, 2.75) is 6.17 Å². The van der Waals surface area contributed by atoms with E-state index in [0.29, 0.717) is 0 Å². The maximum atomic E-state index is 3.89. The maximum Gasteiger partial charge on any atom is 0.289 e. The van der Waals surface area contributed by atoms with E-state index in [2.05, 4.69) is 198 Å². The third kappa shape index (κ3) is 4.87. The van der Waals surface area contributed by atoms with E-state index in [1.54, 1.807) is 0 Å². The molecule has 1 heterocycles. The minimum atomic E-state index is -0.0558. The van der Waals surface area contributed by atoms with Crippen molar-refractivity contribution in [3.05, 3.63) is 199 Å². The summed E-state index contributed by atoms with van der Waals surface area (Å²) >= 11 is 0. The second-order valence-electron chi connectivity index (χ2n) is 12.4. The van der Waals surface area contributed by atoms with Crippen molar-refractivity contribution in [2.75, 3.05) is 0 Å². The Hall–Kier alpha value is -6.25. The van der Waals surface area contributed by atoms with Gasteiger partial charge in [0.05, 0.1) is 5.56 Å². The van der Waals surface area contributed by atoms with Crippen LogP contribution in [-0.4, -0.2) is 10.4 Å². The first kappa shape index (κ1) is 28.0. The normalized spacial score (nSPS) is 14.1. The van der Waals surface area contributed by atoms with Crippen LogP contribution in [0.2, 0.25) is 0 Å². The lowest BCUT2D eigenvalue weighted by atomic mass is 9.91. The fraction of sp³-hybridized carbons (Fsp3) is 0.0217. The van der Waals surface area contributed by atoms with Gasteiger partial charge in [-0.25, -0.2) is 5.32 Å². The zero-order chi connectivity index (χ0) is 31.9. The molecule has 0 amide bonds. The molecule has 0 saturated heterocycles. The highest BCUT2D eigenvalue weighted by Gasteiger charge is 2.42. The number of rotatable bonds is 6. The monoisotopic (exact) mass is 613 g/mol. The van der Waals surface area contributed by atoms with E-state index in [9.17, 15) is 0 Å². The molecule has 0 aliphatic carbocycles. The Balaban J connectivity index is 1.31. The first-order valence-electron chi connectivity index (χ1n) is 16.6. The fourth-order valence-electron chi connectivity index (χ4n) is 7.27. The largest absolute Gasteiger partial charge is 0.289 e. The molecule has 1 N–H and O–H groups in total. The van der Waals surface area contributed by atoms with E-state index >= 15 is 0 Å². The summed E-state index contributed by atoms with van der Waals surface area (Å²) < 4.78 is 2.49. The van der Waals surface area contributed by atoms with E-state index in [1.165, 1.54) is 60.5 Å². The predicted molar refractivity (Wildman–Crippen MR) is 201 cm³/mol. The van der Waals surface area contributed by atoms with Gasteiger partial charge < -0.3 is 0 Å². The summed E-state index contributed by atoms with van der Waals surface area (Å²) in [7, 11) is 0.